The van der Waals surface area contributed by atoms with Gasteiger partial charge < -0.3 is 14.8 Å². The molecular formula is C26H35N3O3. The maximum Gasteiger partial charge on any atom is 0.226 e. The van der Waals surface area contributed by atoms with Crippen molar-refractivity contribution in [1.29, 1.82) is 0 Å². The fraction of sp³-hybridized carbons (Fsp3) is 0.538. The molecule has 6 nitrogen and oxygen atoms in total. The molecule has 2 heterocycles. The number of aromatic nitrogens is 1. The first-order valence-corrected chi connectivity index (χ1v) is 12.0. The van der Waals surface area contributed by atoms with Crippen LogP contribution >= 0.6 is 0 Å². The van der Waals surface area contributed by atoms with E-state index in [1.54, 1.807) is 0 Å². The van der Waals surface area contributed by atoms with Gasteiger partial charge in [-0.2, -0.15) is 0 Å². The molecule has 32 heavy (non-hydrogen) atoms. The first-order chi connectivity index (χ1) is 15.8. The van der Waals surface area contributed by atoms with Crippen molar-refractivity contribution in [2.75, 3.05) is 46.0 Å². The van der Waals surface area contributed by atoms with E-state index < -0.39 is 0 Å². The minimum Gasteiger partial charge on any atom is -0.492 e. The average molecular weight is 438 g/mol. The van der Waals surface area contributed by atoms with Gasteiger partial charge in [0.1, 0.15) is 12.4 Å². The number of amides is 1. The Morgan fingerprint density at radius 2 is 1.81 bits per heavy atom. The highest BCUT2D eigenvalue weighted by molar-refractivity contribution is 5.78. The molecule has 1 aliphatic heterocycles. The van der Waals surface area contributed by atoms with Gasteiger partial charge in [-0.3, -0.25) is 14.7 Å². The molecule has 2 aromatic rings. The van der Waals surface area contributed by atoms with Crippen LogP contribution in [0.4, 0.5) is 0 Å². The van der Waals surface area contributed by atoms with E-state index in [-0.39, 0.29) is 5.91 Å². The number of carbonyl (C=O) groups is 1. The van der Waals surface area contributed by atoms with Crippen LogP contribution in [0.3, 0.4) is 0 Å². The fourth-order valence-electron chi connectivity index (χ4n) is 4.50. The third-order valence-corrected chi connectivity index (χ3v) is 6.48. The number of pyridine rings is 1. The van der Waals surface area contributed by atoms with Crippen molar-refractivity contribution in [2.45, 2.75) is 38.5 Å². The van der Waals surface area contributed by atoms with Crippen molar-refractivity contribution in [1.82, 2.24) is 15.2 Å². The third kappa shape index (κ3) is 7.04. The van der Waals surface area contributed by atoms with Gasteiger partial charge in [0.25, 0.3) is 0 Å². The number of hydrogen-bond acceptors (Lipinski definition) is 5. The zero-order chi connectivity index (χ0) is 22.0. The Labute approximate surface area is 191 Å². The van der Waals surface area contributed by atoms with Gasteiger partial charge in [-0.05, 0) is 36.1 Å². The molecule has 1 aromatic carbocycles. The van der Waals surface area contributed by atoms with Crippen LogP contribution in [0.5, 0.6) is 5.75 Å². The molecule has 1 saturated heterocycles. The van der Waals surface area contributed by atoms with Crippen LogP contribution in [0.2, 0.25) is 0 Å². The van der Waals surface area contributed by atoms with Gasteiger partial charge in [-0.1, -0.05) is 43.9 Å². The zero-order valence-electron chi connectivity index (χ0n) is 18.9. The number of benzene rings is 1. The summed E-state index contributed by atoms with van der Waals surface area (Å²) in [6.07, 6.45) is 8.61. The minimum atomic E-state index is 0.0572. The van der Waals surface area contributed by atoms with Gasteiger partial charge in [0.2, 0.25) is 5.91 Å². The van der Waals surface area contributed by atoms with E-state index in [1.165, 1.54) is 25.7 Å². The van der Waals surface area contributed by atoms with Crippen LogP contribution in [0.15, 0.2) is 42.6 Å². The molecule has 2 aliphatic rings. The molecule has 0 radical (unpaired) electrons. The number of carbonyl (C=O) groups excluding carboxylic acids is 1. The lowest BCUT2D eigenvalue weighted by Crippen LogP contribution is -2.38. The van der Waals surface area contributed by atoms with Crippen LogP contribution in [0.1, 0.15) is 37.8 Å². The predicted molar refractivity (Wildman–Crippen MR) is 126 cm³/mol. The molecule has 1 N–H and O–H groups in total. The summed E-state index contributed by atoms with van der Waals surface area (Å²) in [5.41, 5.74) is 2.93. The topological polar surface area (TPSA) is 63.7 Å². The van der Waals surface area contributed by atoms with Gasteiger partial charge in [0, 0.05) is 43.6 Å². The van der Waals surface area contributed by atoms with Crippen molar-refractivity contribution < 1.29 is 14.3 Å². The van der Waals surface area contributed by atoms with Crippen molar-refractivity contribution in [3.8, 4) is 16.9 Å². The van der Waals surface area contributed by atoms with E-state index in [4.69, 9.17) is 9.47 Å². The summed E-state index contributed by atoms with van der Waals surface area (Å²) in [6.45, 7) is 5.96. The van der Waals surface area contributed by atoms with E-state index in [2.05, 4.69) is 27.3 Å². The highest BCUT2D eigenvalue weighted by Gasteiger charge is 2.15. The molecular weight excluding hydrogens is 402 g/mol. The highest BCUT2D eigenvalue weighted by atomic mass is 16.5. The summed E-state index contributed by atoms with van der Waals surface area (Å²) < 4.78 is 11.3. The van der Waals surface area contributed by atoms with Crippen molar-refractivity contribution in [3.05, 3.63) is 48.3 Å². The van der Waals surface area contributed by atoms with Gasteiger partial charge >= 0.3 is 0 Å². The zero-order valence-corrected chi connectivity index (χ0v) is 18.9. The van der Waals surface area contributed by atoms with E-state index in [0.29, 0.717) is 13.0 Å². The molecule has 0 bridgehead atoms. The maximum atomic E-state index is 12.2. The minimum absolute atomic E-state index is 0.0572. The van der Waals surface area contributed by atoms with Crippen LogP contribution < -0.4 is 10.1 Å². The normalized spacial score (nSPS) is 17.4. The predicted octanol–water partition coefficient (Wildman–Crippen LogP) is 3.70. The van der Waals surface area contributed by atoms with Crippen molar-refractivity contribution >= 4 is 5.91 Å². The SMILES string of the molecule is O=C(Cc1ccc(-c2ccc(OCCN3CCOCC3)cc2)cn1)NCCC1CCCC1. The molecule has 1 amide bonds. The van der Waals surface area contributed by atoms with Gasteiger partial charge in [-0.15, -0.1) is 0 Å². The summed E-state index contributed by atoms with van der Waals surface area (Å²) in [7, 11) is 0. The lowest BCUT2D eigenvalue weighted by molar-refractivity contribution is -0.120. The Hall–Kier alpha value is -2.44. The Balaban J connectivity index is 1.19. The molecule has 0 unspecified atom stereocenters. The largest absolute Gasteiger partial charge is 0.492 e. The summed E-state index contributed by atoms with van der Waals surface area (Å²) >= 11 is 0. The monoisotopic (exact) mass is 437 g/mol. The van der Waals surface area contributed by atoms with Gasteiger partial charge in [-0.25, -0.2) is 0 Å². The second-order valence-corrected chi connectivity index (χ2v) is 8.83. The molecule has 4 rings (SSSR count). The van der Waals surface area contributed by atoms with Gasteiger partial charge in [0.15, 0.2) is 0 Å². The Morgan fingerprint density at radius 3 is 2.53 bits per heavy atom. The van der Waals surface area contributed by atoms with Crippen molar-refractivity contribution in [2.24, 2.45) is 5.92 Å². The second-order valence-electron chi connectivity index (χ2n) is 8.83. The number of nitrogens with zero attached hydrogens (tertiary/aromatic N) is 2. The summed E-state index contributed by atoms with van der Waals surface area (Å²) in [5.74, 6) is 1.73. The number of rotatable bonds is 10. The standard InChI is InChI=1S/C26H35N3O3/c30-26(27-12-11-21-3-1-2-4-21)19-24-8-5-23(20-28-24)22-6-9-25(10-7-22)32-18-15-29-13-16-31-17-14-29/h5-10,20-21H,1-4,11-19H2,(H,27,30). The Morgan fingerprint density at radius 1 is 1.06 bits per heavy atom. The smallest absolute Gasteiger partial charge is 0.226 e. The maximum absolute atomic E-state index is 12.2. The number of ether oxygens (including phenoxy) is 2. The Kier molecular flexibility index (Phi) is 8.51. The van der Waals surface area contributed by atoms with E-state index >= 15 is 0 Å². The molecule has 1 aliphatic carbocycles. The van der Waals surface area contributed by atoms with Gasteiger partial charge in [0.05, 0.1) is 19.6 Å². The number of nitrogens with one attached hydrogen (secondary N) is 1. The molecule has 2 fully saturated rings. The van der Waals surface area contributed by atoms with Crippen LogP contribution in [-0.2, 0) is 16.0 Å². The third-order valence-electron chi connectivity index (χ3n) is 6.48. The van der Waals surface area contributed by atoms with E-state index in [9.17, 15) is 4.79 Å². The lowest BCUT2D eigenvalue weighted by atomic mass is 10.0. The highest BCUT2D eigenvalue weighted by Crippen LogP contribution is 2.27. The van der Waals surface area contributed by atoms with Crippen LogP contribution in [-0.4, -0.2) is 61.8 Å². The molecule has 0 atom stereocenters. The summed E-state index contributed by atoms with van der Waals surface area (Å²) in [5, 5.41) is 3.05. The van der Waals surface area contributed by atoms with Crippen LogP contribution in [0.25, 0.3) is 11.1 Å². The number of morpholine rings is 1. The fourth-order valence-corrected chi connectivity index (χ4v) is 4.50. The molecule has 172 valence electrons. The van der Waals surface area contributed by atoms with E-state index in [1.807, 2.05) is 30.5 Å². The number of hydrogen-bond donors (Lipinski definition) is 1. The Bertz CT molecular complexity index is 826. The summed E-state index contributed by atoms with van der Waals surface area (Å²) in [4.78, 5) is 19.1. The molecule has 0 spiro atoms. The average Bonchev–Trinajstić information content (AvgIpc) is 3.34. The van der Waals surface area contributed by atoms with Crippen LogP contribution in [0, 0.1) is 5.92 Å². The molecule has 1 aromatic heterocycles. The lowest BCUT2D eigenvalue weighted by Gasteiger charge is -2.26. The summed E-state index contributed by atoms with van der Waals surface area (Å²) in [6, 6.07) is 12.1. The van der Waals surface area contributed by atoms with E-state index in [0.717, 1.165) is 74.3 Å². The quantitative estimate of drug-likeness (QED) is 0.614. The second kappa shape index (κ2) is 12.0. The van der Waals surface area contributed by atoms with Crippen molar-refractivity contribution in [3.63, 3.8) is 0 Å². The first kappa shape index (κ1) is 22.7. The molecule has 6 heteroatoms. The first-order valence-electron chi connectivity index (χ1n) is 12.0. The molecule has 1 saturated carbocycles.